The Morgan fingerprint density at radius 2 is 1.59 bits per heavy atom. The summed E-state index contributed by atoms with van der Waals surface area (Å²) in [6, 6.07) is 33.6. The van der Waals surface area contributed by atoms with Crippen molar-refractivity contribution in [2.45, 2.75) is 64.1 Å². The lowest BCUT2D eigenvalue weighted by atomic mass is 9.85. The Morgan fingerprint density at radius 3 is 2.35 bits per heavy atom. The van der Waals surface area contributed by atoms with Gasteiger partial charge in [-0.1, -0.05) is 103 Å². The monoisotopic (exact) mass is 848 g/mol. The van der Waals surface area contributed by atoms with Gasteiger partial charge in [0.1, 0.15) is 11.9 Å². The number of likely N-dealkylation sites (tertiary alicyclic amines) is 1. The van der Waals surface area contributed by atoms with Gasteiger partial charge in [0, 0.05) is 68.9 Å². The van der Waals surface area contributed by atoms with E-state index in [2.05, 4.69) is 44.9 Å². The molecule has 4 amide bonds. The maximum atomic E-state index is 13.1. The largest absolute Gasteiger partial charge is 0.506 e. The summed E-state index contributed by atoms with van der Waals surface area (Å²) in [6.45, 7) is 5.43. The van der Waals surface area contributed by atoms with Gasteiger partial charge in [0.15, 0.2) is 0 Å². The van der Waals surface area contributed by atoms with Crippen LogP contribution in [0.25, 0.3) is 11.1 Å². The molecule has 0 radical (unpaired) electrons. The van der Waals surface area contributed by atoms with Crippen molar-refractivity contribution in [2.75, 3.05) is 43.4 Å². The average Bonchev–Trinajstić information content (AvgIpc) is 3.29. The summed E-state index contributed by atoms with van der Waals surface area (Å²) in [6.07, 6.45) is 9.76. The van der Waals surface area contributed by atoms with Crippen LogP contribution in [-0.2, 0) is 38.5 Å². The van der Waals surface area contributed by atoms with Crippen LogP contribution in [0.15, 0.2) is 144 Å². The van der Waals surface area contributed by atoms with Crippen LogP contribution in [0.2, 0.25) is 0 Å². The summed E-state index contributed by atoms with van der Waals surface area (Å²) < 4.78 is 5.78. The number of aliphatic hydroxyl groups excluding tert-OH is 1. The third-order valence-electron chi connectivity index (χ3n) is 11.8. The Kier molecular flexibility index (Phi) is 15.1. The molecule has 0 spiro atoms. The number of fused-ring (bicyclic) bond motifs is 1. The molecular weight excluding hydrogens is 793 g/mol. The third-order valence-corrected chi connectivity index (χ3v) is 11.8. The number of amides is 4. The van der Waals surface area contributed by atoms with Crippen LogP contribution >= 0.6 is 0 Å². The lowest BCUT2D eigenvalue weighted by molar-refractivity contribution is -0.121. The zero-order chi connectivity index (χ0) is 44.1. The Labute approximate surface area is 369 Å². The number of piperidine rings is 1. The molecule has 7 rings (SSSR count). The van der Waals surface area contributed by atoms with Crippen molar-refractivity contribution in [1.29, 1.82) is 0 Å². The second-order valence-electron chi connectivity index (χ2n) is 16.4. The van der Waals surface area contributed by atoms with Gasteiger partial charge in [-0.3, -0.25) is 19.7 Å². The molecule has 4 N–H and O–H groups in total. The van der Waals surface area contributed by atoms with Crippen molar-refractivity contribution < 1.29 is 29.0 Å². The summed E-state index contributed by atoms with van der Waals surface area (Å²) in [7, 11) is 1.77. The lowest BCUT2D eigenvalue weighted by Crippen LogP contribution is -2.40. The van der Waals surface area contributed by atoms with Crippen LogP contribution in [0.5, 0.6) is 0 Å². The fourth-order valence-electron chi connectivity index (χ4n) is 8.16. The van der Waals surface area contributed by atoms with Gasteiger partial charge in [-0.2, -0.15) is 0 Å². The Morgan fingerprint density at radius 1 is 0.889 bits per heavy atom. The molecule has 4 aromatic carbocycles. The van der Waals surface area contributed by atoms with Gasteiger partial charge in [-0.15, -0.1) is 0 Å². The van der Waals surface area contributed by atoms with Crippen LogP contribution in [0.3, 0.4) is 0 Å². The summed E-state index contributed by atoms with van der Waals surface area (Å²) in [5.41, 5.74) is 8.02. The van der Waals surface area contributed by atoms with Gasteiger partial charge >= 0.3 is 6.09 Å². The molecule has 3 aliphatic rings. The van der Waals surface area contributed by atoms with Crippen molar-refractivity contribution in [1.82, 2.24) is 15.5 Å². The quantitative estimate of drug-likeness (QED) is 0.0843. The van der Waals surface area contributed by atoms with E-state index in [1.54, 1.807) is 24.1 Å². The van der Waals surface area contributed by atoms with Gasteiger partial charge in [0.2, 0.25) is 11.8 Å². The van der Waals surface area contributed by atoms with E-state index in [0.717, 1.165) is 66.0 Å². The number of carbonyl (C=O) groups is 4. The maximum absolute atomic E-state index is 13.1. The number of nitrogens with one attached hydrogen (secondary N) is 3. The normalized spacial score (nSPS) is 16.8. The van der Waals surface area contributed by atoms with E-state index in [0.29, 0.717) is 43.8 Å². The molecule has 2 heterocycles. The highest BCUT2D eigenvalue weighted by Gasteiger charge is 2.28. The van der Waals surface area contributed by atoms with E-state index in [1.807, 2.05) is 97.1 Å². The van der Waals surface area contributed by atoms with Crippen LogP contribution in [-0.4, -0.2) is 84.9 Å². The molecule has 1 saturated heterocycles. The number of nitrogens with zero attached hydrogens (tertiary/aromatic N) is 3. The number of carbonyl (C=O) groups excluding carboxylic acids is 4. The van der Waals surface area contributed by atoms with Crippen LogP contribution < -0.4 is 20.9 Å². The number of hydrogen-bond acceptors (Lipinski definition) is 8. The molecule has 326 valence electrons. The van der Waals surface area contributed by atoms with E-state index in [1.165, 1.54) is 11.6 Å². The first-order chi connectivity index (χ1) is 30.6. The van der Waals surface area contributed by atoms with Gasteiger partial charge in [-0.25, -0.2) is 9.79 Å². The number of allylic oxidation sites excluding steroid dienone is 4. The molecule has 2 atom stereocenters. The van der Waals surface area contributed by atoms with E-state index in [-0.39, 0.29) is 48.0 Å². The molecule has 4 aromatic rings. The predicted octanol–water partition coefficient (Wildman–Crippen LogP) is 7.72. The molecule has 0 saturated carbocycles. The number of benzene rings is 4. The number of aliphatic imine (C=N–C) groups is 1. The summed E-state index contributed by atoms with van der Waals surface area (Å²) in [4.78, 5) is 58.3. The standard InChI is InChI=1S/C51H56N6O6/c1-35(52-28-24-40-18-22-46(58)50-44(40)21-23-47(59)55-50)32-36-12-14-38(15-13-36)34-53-48(60)33-37-16-19-41(20-17-37)56(2)49(61)27-31-57-29-25-42(26-30-57)63-51(62)54-45-11-7-6-10-43(45)39-8-4-3-5-9-39/h3-23,35,42,44,52,58H,24-34H2,1-2H3,(H,53,60)(H,54,62). The molecule has 2 aliphatic heterocycles. The molecule has 2 unspecified atom stereocenters. The molecule has 12 heteroatoms. The minimum atomic E-state index is -0.463. The van der Waals surface area contributed by atoms with Crippen LogP contribution in [0.1, 0.15) is 49.3 Å². The van der Waals surface area contributed by atoms with Gasteiger partial charge < -0.3 is 30.3 Å². The average molecular weight is 849 g/mol. The van der Waals surface area contributed by atoms with E-state index >= 15 is 0 Å². The minimum Gasteiger partial charge on any atom is -0.506 e. The zero-order valence-electron chi connectivity index (χ0n) is 36.0. The van der Waals surface area contributed by atoms with Crippen molar-refractivity contribution in [3.63, 3.8) is 0 Å². The fraction of sp³-hybridized carbons (Fsp3) is 0.314. The summed E-state index contributed by atoms with van der Waals surface area (Å²) >= 11 is 0. The van der Waals surface area contributed by atoms with Gasteiger partial charge in [-0.05, 0) is 85.7 Å². The molecule has 0 bridgehead atoms. The summed E-state index contributed by atoms with van der Waals surface area (Å²) in [5.74, 6) is -0.535. The molecule has 12 nitrogen and oxygen atoms in total. The number of aliphatic hydroxyl groups is 1. The van der Waals surface area contributed by atoms with Gasteiger partial charge in [0.25, 0.3) is 5.91 Å². The first-order valence-electron chi connectivity index (χ1n) is 21.8. The maximum Gasteiger partial charge on any atom is 0.411 e. The predicted molar refractivity (Wildman–Crippen MR) is 248 cm³/mol. The van der Waals surface area contributed by atoms with Crippen molar-refractivity contribution in [3.8, 4) is 11.1 Å². The number of rotatable bonds is 17. The highest BCUT2D eigenvalue weighted by molar-refractivity contribution is 6.13. The zero-order valence-corrected chi connectivity index (χ0v) is 36.0. The van der Waals surface area contributed by atoms with Crippen LogP contribution in [0.4, 0.5) is 16.2 Å². The second-order valence-corrected chi connectivity index (χ2v) is 16.4. The highest BCUT2D eigenvalue weighted by Crippen LogP contribution is 2.29. The Bertz CT molecular complexity index is 2360. The number of para-hydroxylation sites is 1. The number of anilines is 2. The molecule has 1 aliphatic carbocycles. The number of dihydropyridines is 1. The number of hydrogen-bond donors (Lipinski definition) is 4. The molecular formula is C51H56N6O6. The second kappa shape index (κ2) is 21.4. The molecule has 63 heavy (non-hydrogen) atoms. The SMILES string of the molecule is CC(Cc1ccc(CNC(=O)Cc2ccc(N(C)C(=O)CCN3CCC(OC(=O)Nc4ccccc4-c4ccccc4)CC3)cc2)cc1)NCCC1=CC=C(O)C2=NC(=O)C=CC12. The fourth-order valence-corrected chi connectivity index (χ4v) is 8.16. The first kappa shape index (κ1) is 44.4. The van der Waals surface area contributed by atoms with E-state index in [9.17, 15) is 24.3 Å². The first-order valence-corrected chi connectivity index (χ1v) is 21.8. The van der Waals surface area contributed by atoms with E-state index < -0.39 is 6.09 Å². The molecule has 1 fully saturated rings. The topological polar surface area (TPSA) is 153 Å². The lowest BCUT2D eigenvalue weighted by Gasteiger charge is -2.31. The summed E-state index contributed by atoms with van der Waals surface area (Å²) in [5, 5.41) is 19.6. The van der Waals surface area contributed by atoms with E-state index in [4.69, 9.17) is 4.74 Å². The minimum absolute atomic E-state index is 0.00620. The Balaban J connectivity index is 0.763. The molecule has 0 aromatic heterocycles. The van der Waals surface area contributed by atoms with Crippen molar-refractivity contribution >= 4 is 40.9 Å². The van der Waals surface area contributed by atoms with Crippen LogP contribution in [0, 0.1) is 5.92 Å². The van der Waals surface area contributed by atoms with Crippen molar-refractivity contribution in [2.24, 2.45) is 10.9 Å². The third kappa shape index (κ3) is 12.5. The highest BCUT2D eigenvalue weighted by atomic mass is 16.6. The smallest absolute Gasteiger partial charge is 0.411 e. The Hall–Kier alpha value is -6.63. The van der Waals surface area contributed by atoms with Crippen molar-refractivity contribution in [3.05, 3.63) is 155 Å². The number of ether oxygens (including phenoxy) is 1. The van der Waals surface area contributed by atoms with Gasteiger partial charge in [0.05, 0.1) is 17.8 Å².